The van der Waals surface area contributed by atoms with Gasteiger partial charge < -0.3 is 0 Å². The van der Waals surface area contributed by atoms with Gasteiger partial charge in [-0.05, 0) is 49.1 Å². The minimum atomic E-state index is 0.630. The molecule has 3 atom stereocenters. The van der Waals surface area contributed by atoms with E-state index in [0.717, 1.165) is 17.8 Å². The molecule has 1 aromatic rings. The molecule has 0 amide bonds. The summed E-state index contributed by atoms with van der Waals surface area (Å²) in [6, 6.07) is 6.28. The van der Waals surface area contributed by atoms with E-state index >= 15 is 0 Å². The second-order valence-corrected chi connectivity index (χ2v) is 5.62. The molecule has 0 radical (unpaired) electrons. The normalized spacial score (nSPS) is 27.2. The predicted molar refractivity (Wildman–Crippen MR) is 68.3 cm³/mol. The third kappa shape index (κ3) is 2.45. The first kappa shape index (κ1) is 11.6. The number of pyridine rings is 1. The van der Waals surface area contributed by atoms with Crippen molar-refractivity contribution in [3.63, 3.8) is 0 Å². The van der Waals surface area contributed by atoms with Gasteiger partial charge in [0.2, 0.25) is 0 Å². The lowest BCUT2D eigenvalue weighted by Crippen LogP contribution is -2.10. The van der Waals surface area contributed by atoms with Crippen LogP contribution in [0.5, 0.6) is 0 Å². The van der Waals surface area contributed by atoms with Crippen molar-refractivity contribution in [1.29, 1.82) is 0 Å². The third-order valence-corrected chi connectivity index (χ3v) is 4.32. The maximum Gasteiger partial charge on any atom is 0.0434 e. The number of aromatic nitrogens is 1. The van der Waals surface area contributed by atoms with Crippen LogP contribution >= 0.6 is 0 Å². The molecule has 2 rings (SSSR count). The first-order valence-electron chi connectivity index (χ1n) is 6.59. The first-order chi connectivity index (χ1) is 7.68. The summed E-state index contributed by atoms with van der Waals surface area (Å²) in [5, 5.41) is 0. The Hall–Kier alpha value is -0.850. The van der Waals surface area contributed by atoms with Crippen LogP contribution in [-0.4, -0.2) is 4.98 Å². The van der Waals surface area contributed by atoms with Gasteiger partial charge in [-0.25, -0.2) is 0 Å². The van der Waals surface area contributed by atoms with Crippen molar-refractivity contribution in [2.75, 3.05) is 0 Å². The van der Waals surface area contributed by atoms with Crippen LogP contribution in [0.2, 0.25) is 0 Å². The van der Waals surface area contributed by atoms with Crippen LogP contribution in [0.3, 0.4) is 0 Å². The highest BCUT2D eigenvalue weighted by atomic mass is 14.7. The van der Waals surface area contributed by atoms with E-state index in [0.29, 0.717) is 5.92 Å². The Kier molecular flexibility index (Phi) is 3.63. The lowest BCUT2D eigenvalue weighted by molar-refractivity contribution is 0.362. The summed E-state index contributed by atoms with van der Waals surface area (Å²) in [6.07, 6.45) is 6.12. The molecule has 1 heterocycles. The lowest BCUT2D eigenvalue weighted by atomic mass is 9.86. The molecular formula is C15H23N. The van der Waals surface area contributed by atoms with Gasteiger partial charge in [0.05, 0.1) is 0 Å². The van der Waals surface area contributed by atoms with Crippen LogP contribution in [0.15, 0.2) is 24.4 Å². The number of hydrogen-bond donors (Lipinski definition) is 0. The number of rotatable bonds is 3. The van der Waals surface area contributed by atoms with Gasteiger partial charge in [-0.1, -0.05) is 26.8 Å². The Balaban J connectivity index is 2.00. The SMILES string of the molecule is CC(C)C1CCC(C(C)c2ccccn2)C1. The highest BCUT2D eigenvalue weighted by Crippen LogP contribution is 2.42. The standard InChI is InChI=1S/C15H23N/c1-11(2)13-7-8-14(10-13)12(3)15-6-4-5-9-16-15/h4-6,9,11-14H,7-8,10H2,1-3H3. The van der Waals surface area contributed by atoms with Crippen LogP contribution in [-0.2, 0) is 0 Å². The molecule has 1 aliphatic carbocycles. The minimum absolute atomic E-state index is 0.630. The second-order valence-electron chi connectivity index (χ2n) is 5.62. The van der Waals surface area contributed by atoms with Crippen molar-refractivity contribution in [2.24, 2.45) is 17.8 Å². The molecule has 0 spiro atoms. The molecule has 3 unspecified atom stereocenters. The van der Waals surface area contributed by atoms with E-state index < -0.39 is 0 Å². The molecule has 1 saturated carbocycles. The molecule has 1 heteroatoms. The largest absolute Gasteiger partial charge is 0.261 e. The van der Waals surface area contributed by atoms with Crippen molar-refractivity contribution >= 4 is 0 Å². The minimum Gasteiger partial charge on any atom is -0.261 e. The van der Waals surface area contributed by atoms with Crippen molar-refractivity contribution in [2.45, 2.75) is 46.0 Å². The number of hydrogen-bond acceptors (Lipinski definition) is 1. The van der Waals surface area contributed by atoms with Gasteiger partial charge in [0, 0.05) is 17.8 Å². The first-order valence-corrected chi connectivity index (χ1v) is 6.59. The summed E-state index contributed by atoms with van der Waals surface area (Å²) in [6.45, 7) is 7.06. The van der Waals surface area contributed by atoms with Crippen LogP contribution in [0.1, 0.15) is 51.6 Å². The molecule has 1 aromatic heterocycles. The number of nitrogens with zero attached hydrogens (tertiary/aromatic N) is 1. The van der Waals surface area contributed by atoms with Crippen molar-refractivity contribution < 1.29 is 0 Å². The van der Waals surface area contributed by atoms with Crippen LogP contribution in [0.4, 0.5) is 0 Å². The van der Waals surface area contributed by atoms with Gasteiger partial charge in [0.1, 0.15) is 0 Å². The molecule has 1 aliphatic rings. The summed E-state index contributed by atoms with van der Waals surface area (Å²) in [7, 11) is 0. The molecule has 0 bridgehead atoms. The summed E-state index contributed by atoms with van der Waals surface area (Å²) >= 11 is 0. The van der Waals surface area contributed by atoms with E-state index in [1.807, 2.05) is 12.3 Å². The fraction of sp³-hybridized carbons (Fsp3) is 0.667. The van der Waals surface area contributed by atoms with E-state index in [2.05, 4.69) is 37.9 Å². The average Bonchev–Trinajstić information content (AvgIpc) is 2.78. The molecule has 0 saturated heterocycles. The average molecular weight is 217 g/mol. The van der Waals surface area contributed by atoms with Crippen molar-refractivity contribution in [3.05, 3.63) is 30.1 Å². The molecule has 0 N–H and O–H groups in total. The van der Waals surface area contributed by atoms with Gasteiger partial charge in [-0.2, -0.15) is 0 Å². The zero-order valence-electron chi connectivity index (χ0n) is 10.7. The van der Waals surface area contributed by atoms with E-state index in [-0.39, 0.29) is 0 Å². The monoisotopic (exact) mass is 217 g/mol. The van der Waals surface area contributed by atoms with Gasteiger partial charge in [-0.15, -0.1) is 0 Å². The predicted octanol–water partition coefficient (Wildman–Crippen LogP) is 4.26. The van der Waals surface area contributed by atoms with E-state index in [4.69, 9.17) is 0 Å². The second kappa shape index (κ2) is 4.99. The molecule has 16 heavy (non-hydrogen) atoms. The van der Waals surface area contributed by atoms with Gasteiger partial charge >= 0.3 is 0 Å². The highest BCUT2D eigenvalue weighted by molar-refractivity contribution is 5.10. The topological polar surface area (TPSA) is 12.9 Å². The van der Waals surface area contributed by atoms with Gasteiger partial charge in [-0.3, -0.25) is 4.98 Å². The smallest absolute Gasteiger partial charge is 0.0434 e. The summed E-state index contributed by atoms with van der Waals surface area (Å²) in [5.41, 5.74) is 1.27. The van der Waals surface area contributed by atoms with Crippen LogP contribution in [0.25, 0.3) is 0 Å². The summed E-state index contributed by atoms with van der Waals surface area (Å²) in [5.74, 6) is 3.27. The maximum atomic E-state index is 4.49. The Labute approximate surface area is 99.3 Å². The van der Waals surface area contributed by atoms with Gasteiger partial charge in [0.25, 0.3) is 0 Å². The summed E-state index contributed by atoms with van der Waals surface area (Å²) < 4.78 is 0. The lowest BCUT2D eigenvalue weighted by Gasteiger charge is -2.20. The quantitative estimate of drug-likeness (QED) is 0.737. The highest BCUT2D eigenvalue weighted by Gasteiger charge is 2.31. The molecule has 0 aromatic carbocycles. The Morgan fingerprint density at radius 3 is 2.44 bits per heavy atom. The van der Waals surface area contributed by atoms with Crippen LogP contribution < -0.4 is 0 Å². The van der Waals surface area contributed by atoms with Gasteiger partial charge in [0.15, 0.2) is 0 Å². The maximum absolute atomic E-state index is 4.49. The molecule has 1 fully saturated rings. The summed E-state index contributed by atoms with van der Waals surface area (Å²) in [4.78, 5) is 4.49. The fourth-order valence-electron chi connectivity index (χ4n) is 3.00. The van der Waals surface area contributed by atoms with E-state index in [9.17, 15) is 0 Å². The van der Waals surface area contributed by atoms with Crippen LogP contribution in [0, 0.1) is 17.8 Å². The Morgan fingerprint density at radius 2 is 1.88 bits per heavy atom. The van der Waals surface area contributed by atoms with E-state index in [1.165, 1.54) is 25.0 Å². The van der Waals surface area contributed by atoms with Crippen molar-refractivity contribution in [1.82, 2.24) is 4.98 Å². The Bertz CT molecular complexity index is 317. The molecule has 88 valence electrons. The van der Waals surface area contributed by atoms with E-state index in [1.54, 1.807) is 0 Å². The molecular weight excluding hydrogens is 194 g/mol. The third-order valence-electron chi connectivity index (χ3n) is 4.32. The zero-order valence-corrected chi connectivity index (χ0v) is 10.7. The van der Waals surface area contributed by atoms with Crippen molar-refractivity contribution in [3.8, 4) is 0 Å². The molecule has 1 nitrogen and oxygen atoms in total. The fourth-order valence-corrected chi connectivity index (χ4v) is 3.00. The molecule has 0 aliphatic heterocycles. The zero-order chi connectivity index (χ0) is 11.5. The Morgan fingerprint density at radius 1 is 1.12 bits per heavy atom.